The number of nitrogens with one attached hydrogen (secondary N) is 2. The van der Waals surface area contributed by atoms with E-state index in [9.17, 15) is 14.4 Å². The second kappa shape index (κ2) is 8.10. The number of anilines is 1. The number of hydrogen-bond acceptors (Lipinski definition) is 5. The monoisotopic (exact) mass is 414 g/mol. The molecule has 0 radical (unpaired) electrons. The average Bonchev–Trinajstić information content (AvgIpc) is 3.09. The molecule has 29 heavy (non-hydrogen) atoms. The van der Waals surface area contributed by atoms with E-state index in [-0.39, 0.29) is 0 Å². The molecule has 3 aromatic rings. The van der Waals surface area contributed by atoms with Gasteiger partial charge in [0.05, 0.1) is 5.52 Å². The predicted molar refractivity (Wildman–Crippen MR) is 109 cm³/mol. The summed E-state index contributed by atoms with van der Waals surface area (Å²) in [6, 6.07) is 12.4. The molecular weight excluding hydrogens is 396 g/mol. The number of halogens is 1. The summed E-state index contributed by atoms with van der Waals surface area (Å²) in [5.41, 5.74) is 2.38. The first kappa shape index (κ1) is 19.2. The van der Waals surface area contributed by atoms with E-state index in [2.05, 4.69) is 15.2 Å². The molecule has 0 unspecified atom stereocenters. The number of benzene rings is 2. The van der Waals surface area contributed by atoms with E-state index in [0.29, 0.717) is 48.0 Å². The number of hydrogen-bond donors (Lipinski definition) is 2. The molecule has 1 aliphatic rings. The molecule has 8 nitrogen and oxygen atoms in total. The van der Waals surface area contributed by atoms with Crippen molar-refractivity contribution in [2.24, 2.45) is 0 Å². The highest BCUT2D eigenvalue weighted by molar-refractivity contribution is 6.39. The highest BCUT2D eigenvalue weighted by atomic mass is 35.5. The van der Waals surface area contributed by atoms with Crippen molar-refractivity contribution in [3.05, 3.63) is 63.6 Å². The Morgan fingerprint density at radius 2 is 1.79 bits per heavy atom. The van der Waals surface area contributed by atoms with E-state index in [4.69, 9.17) is 16.0 Å². The Labute approximate surface area is 171 Å². The molecule has 1 fully saturated rings. The van der Waals surface area contributed by atoms with Gasteiger partial charge < -0.3 is 14.6 Å². The number of carbonyl (C=O) groups excluding carboxylic acids is 2. The van der Waals surface area contributed by atoms with Crippen LogP contribution in [0.5, 0.6) is 0 Å². The third-order valence-electron chi connectivity index (χ3n) is 4.85. The molecule has 0 saturated carbocycles. The zero-order chi connectivity index (χ0) is 20.4. The number of oxazole rings is 1. The maximum atomic E-state index is 12.5. The Hall–Kier alpha value is -3.10. The summed E-state index contributed by atoms with van der Waals surface area (Å²) in [6.07, 6.45) is 0. The van der Waals surface area contributed by atoms with Gasteiger partial charge in [-0.15, -0.1) is 0 Å². The van der Waals surface area contributed by atoms with Crippen LogP contribution >= 0.6 is 11.6 Å². The lowest BCUT2D eigenvalue weighted by Gasteiger charge is -2.34. The second-order valence-corrected chi connectivity index (χ2v) is 7.31. The maximum Gasteiger partial charge on any atom is 0.417 e. The van der Waals surface area contributed by atoms with Crippen LogP contribution in [-0.2, 0) is 16.1 Å². The fraction of sp³-hybridized carbons (Fsp3) is 0.250. The number of amides is 2. The first-order valence-electron chi connectivity index (χ1n) is 9.18. The molecule has 9 heteroatoms. The molecular formula is C20H19ClN4O4. The van der Waals surface area contributed by atoms with Crippen molar-refractivity contribution in [1.82, 2.24) is 14.8 Å². The minimum Gasteiger partial charge on any atom is -0.408 e. The lowest BCUT2D eigenvalue weighted by molar-refractivity contribution is -0.144. The Morgan fingerprint density at radius 3 is 2.52 bits per heavy atom. The molecule has 1 aromatic heterocycles. The third kappa shape index (κ3) is 4.49. The Morgan fingerprint density at radius 1 is 1.07 bits per heavy atom. The van der Waals surface area contributed by atoms with Crippen LogP contribution in [0.2, 0.25) is 5.02 Å². The minimum atomic E-state index is -0.714. The summed E-state index contributed by atoms with van der Waals surface area (Å²) < 4.78 is 4.96. The standard InChI is InChI=1S/C20H19ClN4O4/c21-14-3-1-13(2-4-14)12-24-7-9-25(10-8-24)19(27)18(26)22-15-5-6-16-17(11-15)29-20(28)23-16/h1-6,11H,7-10,12H2,(H,22,26)(H,23,28). The van der Waals surface area contributed by atoms with Crippen LogP contribution in [0.25, 0.3) is 11.1 Å². The molecule has 150 valence electrons. The van der Waals surface area contributed by atoms with Crippen LogP contribution in [0.4, 0.5) is 5.69 Å². The van der Waals surface area contributed by atoms with Crippen molar-refractivity contribution >= 4 is 40.2 Å². The lowest BCUT2D eigenvalue weighted by atomic mass is 10.2. The number of rotatable bonds is 3. The van der Waals surface area contributed by atoms with Crippen molar-refractivity contribution in [1.29, 1.82) is 0 Å². The summed E-state index contributed by atoms with van der Waals surface area (Å²) in [5.74, 6) is -1.86. The van der Waals surface area contributed by atoms with E-state index in [0.717, 1.165) is 12.1 Å². The largest absolute Gasteiger partial charge is 0.417 e. The summed E-state index contributed by atoms with van der Waals surface area (Å²) in [7, 11) is 0. The SMILES string of the molecule is O=C(Nc1ccc2[nH]c(=O)oc2c1)C(=O)N1CCN(Cc2ccc(Cl)cc2)CC1. The van der Waals surface area contributed by atoms with Crippen LogP contribution < -0.4 is 11.1 Å². The van der Waals surface area contributed by atoms with Gasteiger partial charge in [0.2, 0.25) is 0 Å². The molecule has 2 aromatic carbocycles. The lowest BCUT2D eigenvalue weighted by Crippen LogP contribution is -2.51. The molecule has 2 heterocycles. The number of carbonyl (C=O) groups is 2. The van der Waals surface area contributed by atoms with E-state index >= 15 is 0 Å². The highest BCUT2D eigenvalue weighted by Crippen LogP contribution is 2.17. The maximum absolute atomic E-state index is 12.5. The van der Waals surface area contributed by atoms with Crippen molar-refractivity contribution in [3.8, 4) is 0 Å². The Balaban J connectivity index is 1.31. The number of nitrogens with zero attached hydrogens (tertiary/aromatic N) is 2. The average molecular weight is 415 g/mol. The van der Waals surface area contributed by atoms with Gasteiger partial charge in [-0.05, 0) is 29.8 Å². The zero-order valence-corrected chi connectivity index (χ0v) is 16.2. The highest BCUT2D eigenvalue weighted by Gasteiger charge is 2.26. The molecule has 2 N–H and O–H groups in total. The van der Waals surface area contributed by atoms with Gasteiger partial charge in [0.15, 0.2) is 5.58 Å². The molecule has 2 amide bonds. The van der Waals surface area contributed by atoms with Gasteiger partial charge in [-0.2, -0.15) is 0 Å². The number of fused-ring (bicyclic) bond motifs is 1. The normalized spacial score (nSPS) is 14.9. The van der Waals surface area contributed by atoms with Gasteiger partial charge in [-0.1, -0.05) is 23.7 Å². The molecule has 1 saturated heterocycles. The van der Waals surface area contributed by atoms with Gasteiger partial charge >= 0.3 is 17.6 Å². The predicted octanol–water partition coefficient (Wildman–Crippen LogP) is 2.06. The van der Waals surface area contributed by atoms with Gasteiger partial charge in [-0.3, -0.25) is 19.5 Å². The van der Waals surface area contributed by atoms with Crippen LogP contribution in [0, 0.1) is 0 Å². The van der Waals surface area contributed by atoms with Crippen LogP contribution in [-0.4, -0.2) is 52.8 Å². The summed E-state index contributed by atoms with van der Waals surface area (Å²) >= 11 is 5.91. The van der Waals surface area contributed by atoms with E-state index < -0.39 is 17.6 Å². The zero-order valence-electron chi connectivity index (χ0n) is 15.5. The summed E-state index contributed by atoms with van der Waals surface area (Å²) in [4.78, 5) is 42.3. The van der Waals surface area contributed by atoms with Crippen molar-refractivity contribution in [3.63, 3.8) is 0 Å². The molecule has 0 atom stereocenters. The topological polar surface area (TPSA) is 98.6 Å². The number of aromatic nitrogens is 1. The van der Waals surface area contributed by atoms with Gasteiger partial charge in [0, 0.05) is 49.5 Å². The molecule has 0 aliphatic carbocycles. The first-order valence-corrected chi connectivity index (χ1v) is 9.56. The van der Waals surface area contributed by atoms with Crippen LogP contribution in [0.15, 0.2) is 51.7 Å². The first-order chi connectivity index (χ1) is 14.0. The molecule has 0 spiro atoms. The number of aromatic amines is 1. The quantitative estimate of drug-likeness (QED) is 0.639. The fourth-order valence-electron chi connectivity index (χ4n) is 3.31. The van der Waals surface area contributed by atoms with Crippen LogP contribution in [0.3, 0.4) is 0 Å². The second-order valence-electron chi connectivity index (χ2n) is 6.87. The van der Waals surface area contributed by atoms with Crippen LogP contribution in [0.1, 0.15) is 5.56 Å². The van der Waals surface area contributed by atoms with Crippen molar-refractivity contribution in [2.75, 3.05) is 31.5 Å². The Bertz CT molecular complexity index is 1100. The van der Waals surface area contributed by atoms with Crippen molar-refractivity contribution in [2.45, 2.75) is 6.54 Å². The number of H-pyrrole nitrogens is 1. The summed E-state index contributed by atoms with van der Waals surface area (Å²) in [6.45, 7) is 3.09. The smallest absolute Gasteiger partial charge is 0.408 e. The minimum absolute atomic E-state index is 0.316. The number of piperazine rings is 1. The fourth-order valence-corrected chi connectivity index (χ4v) is 3.43. The third-order valence-corrected chi connectivity index (χ3v) is 5.10. The molecule has 4 rings (SSSR count). The van der Waals surface area contributed by atoms with E-state index in [1.54, 1.807) is 17.0 Å². The van der Waals surface area contributed by atoms with Gasteiger partial charge in [0.1, 0.15) is 0 Å². The molecule has 0 bridgehead atoms. The van der Waals surface area contributed by atoms with E-state index in [1.165, 1.54) is 6.07 Å². The Kier molecular flexibility index (Phi) is 5.37. The molecule has 1 aliphatic heterocycles. The van der Waals surface area contributed by atoms with Gasteiger partial charge in [0.25, 0.3) is 0 Å². The van der Waals surface area contributed by atoms with E-state index in [1.807, 2.05) is 24.3 Å². The van der Waals surface area contributed by atoms with Crippen molar-refractivity contribution < 1.29 is 14.0 Å². The summed E-state index contributed by atoms with van der Waals surface area (Å²) in [5, 5.41) is 3.27. The van der Waals surface area contributed by atoms with Gasteiger partial charge in [-0.25, -0.2) is 4.79 Å².